The van der Waals surface area contributed by atoms with Crippen molar-refractivity contribution in [1.29, 1.82) is 0 Å². The summed E-state index contributed by atoms with van der Waals surface area (Å²) >= 11 is 12.1. The number of hydrogen-bond acceptors (Lipinski definition) is 2. The average molecular weight is 421 g/mol. The molecular weight excluding hydrogens is 395 g/mol. The minimum absolute atomic E-state index is 0.128. The minimum atomic E-state index is -0.531. The van der Waals surface area contributed by atoms with Crippen LogP contribution in [0.1, 0.15) is 37.0 Å². The summed E-state index contributed by atoms with van der Waals surface area (Å²) in [6.45, 7) is 6.69. The lowest BCUT2D eigenvalue weighted by molar-refractivity contribution is -0.140. The normalized spacial score (nSPS) is 11.8. The maximum Gasteiger partial charge on any atom is 0.242 e. The van der Waals surface area contributed by atoms with Crippen molar-refractivity contribution in [3.05, 3.63) is 69.2 Å². The first kappa shape index (κ1) is 22.3. The van der Waals surface area contributed by atoms with Crippen molar-refractivity contribution in [2.45, 2.75) is 46.2 Å². The summed E-state index contributed by atoms with van der Waals surface area (Å²) in [5.74, 6) is -0.267. The van der Waals surface area contributed by atoms with Gasteiger partial charge in [-0.2, -0.15) is 0 Å². The first-order valence-electron chi connectivity index (χ1n) is 9.42. The first-order valence-corrected chi connectivity index (χ1v) is 10.2. The number of likely N-dealkylation sites (N-methyl/N-ethyl adjacent to an activating group) is 1. The highest BCUT2D eigenvalue weighted by Crippen LogP contribution is 2.23. The van der Waals surface area contributed by atoms with Crippen LogP contribution in [-0.2, 0) is 22.6 Å². The van der Waals surface area contributed by atoms with E-state index >= 15 is 0 Å². The monoisotopic (exact) mass is 420 g/mol. The van der Waals surface area contributed by atoms with E-state index in [2.05, 4.69) is 5.32 Å². The van der Waals surface area contributed by atoms with Gasteiger partial charge >= 0.3 is 0 Å². The predicted octanol–water partition coefficient (Wildman–Crippen LogP) is 4.79. The summed E-state index contributed by atoms with van der Waals surface area (Å²) in [6.07, 6.45) is 0.684. The van der Waals surface area contributed by atoms with E-state index in [0.29, 0.717) is 29.6 Å². The Morgan fingerprint density at radius 3 is 2.21 bits per heavy atom. The summed E-state index contributed by atoms with van der Waals surface area (Å²) in [5.41, 5.74) is 2.89. The van der Waals surface area contributed by atoms with Gasteiger partial charge in [0.25, 0.3) is 0 Å². The number of hydrogen-bond donors (Lipinski definition) is 1. The number of halogens is 2. The van der Waals surface area contributed by atoms with Gasteiger partial charge in [0.15, 0.2) is 0 Å². The molecule has 0 aliphatic rings. The smallest absolute Gasteiger partial charge is 0.242 e. The summed E-state index contributed by atoms with van der Waals surface area (Å²) in [4.78, 5) is 27.4. The van der Waals surface area contributed by atoms with Crippen LogP contribution in [0.25, 0.3) is 0 Å². The van der Waals surface area contributed by atoms with Gasteiger partial charge in [-0.05, 0) is 43.5 Å². The summed E-state index contributed by atoms with van der Waals surface area (Å²) in [7, 11) is 0. The fourth-order valence-corrected chi connectivity index (χ4v) is 3.35. The molecule has 0 saturated carbocycles. The van der Waals surface area contributed by atoms with Gasteiger partial charge in [0.1, 0.15) is 6.04 Å². The van der Waals surface area contributed by atoms with Crippen LogP contribution in [0.15, 0.2) is 42.5 Å². The third kappa shape index (κ3) is 5.98. The number of carbonyl (C=O) groups excluding carboxylic acids is 2. The second-order valence-corrected chi connectivity index (χ2v) is 7.57. The molecule has 4 nitrogen and oxygen atoms in total. The number of carbonyl (C=O) groups is 2. The molecule has 2 rings (SSSR count). The van der Waals surface area contributed by atoms with Crippen LogP contribution in [0.5, 0.6) is 0 Å². The lowest BCUT2D eigenvalue weighted by Gasteiger charge is -2.30. The molecule has 2 aromatic carbocycles. The highest BCUT2D eigenvalue weighted by Gasteiger charge is 2.28. The molecule has 0 aromatic heterocycles. The maximum absolute atomic E-state index is 13.2. The molecule has 2 aromatic rings. The molecule has 0 heterocycles. The van der Waals surface area contributed by atoms with Crippen molar-refractivity contribution in [2.24, 2.45) is 0 Å². The van der Waals surface area contributed by atoms with Gasteiger partial charge in [0.05, 0.1) is 16.5 Å². The Hall–Kier alpha value is -2.04. The highest BCUT2D eigenvalue weighted by molar-refractivity contribution is 6.42. The molecule has 28 heavy (non-hydrogen) atoms. The molecule has 0 bridgehead atoms. The number of aryl methyl sites for hydroxylation is 1. The van der Waals surface area contributed by atoms with Gasteiger partial charge in [-0.15, -0.1) is 0 Å². The molecule has 0 radical (unpaired) electrons. The number of amides is 2. The summed E-state index contributed by atoms with van der Waals surface area (Å²) in [6, 6.07) is 12.6. The van der Waals surface area contributed by atoms with Gasteiger partial charge in [-0.3, -0.25) is 9.59 Å². The third-order valence-electron chi connectivity index (χ3n) is 4.55. The van der Waals surface area contributed by atoms with E-state index in [0.717, 1.165) is 16.7 Å². The second-order valence-electron chi connectivity index (χ2n) is 6.75. The fraction of sp³-hybridized carbons (Fsp3) is 0.364. The zero-order valence-corrected chi connectivity index (χ0v) is 18.0. The van der Waals surface area contributed by atoms with Crippen LogP contribution in [0.4, 0.5) is 0 Å². The second kappa shape index (κ2) is 10.5. The minimum Gasteiger partial charge on any atom is -0.355 e. The molecule has 6 heteroatoms. The van der Waals surface area contributed by atoms with E-state index in [-0.39, 0.29) is 18.2 Å². The zero-order chi connectivity index (χ0) is 20.7. The van der Waals surface area contributed by atoms with Crippen molar-refractivity contribution < 1.29 is 9.59 Å². The van der Waals surface area contributed by atoms with E-state index in [1.54, 1.807) is 23.1 Å². The topological polar surface area (TPSA) is 49.4 Å². The molecule has 150 valence electrons. The molecule has 0 aliphatic heterocycles. The SMILES string of the molecule is CCNC(=O)[C@H](CC)N(Cc1ccc(C)cc1)C(=O)Cc1ccc(Cl)c(Cl)c1. The van der Waals surface area contributed by atoms with E-state index in [1.165, 1.54) is 0 Å². The number of nitrogens with zero attached hydrogens (tertiary/aromatic N) is 1. The Bertz CT molecular complexity index is 822. The predicted molar refractivity (Wildman–Crippen MR) is 115 cm³/mol. The molecule has 0 fully saturated rings. The largest absolute Gasteiger partial charge is 0.355 e. The van der Waals surface area contributed by atoms with Crippen molar-refractivity contribution in [1.82, 2.24) is 10.2 Å². The first-order chi connectivity index (χ1) is 13.3. The molecule has 0 saturated heterocycles. The Morgan fingerprint density at radius 2 is 1.64 bits per heavy atom. The average Bonchev–Trinajstić information content (AvgIpc) is 2.66. The van der Waals surface area contributed by atoms with Crippen molar-refractivity contribution >= 4 is 35.0 Å². The van der Waals surface area contributed by atoms with E-state index < -0.39 is 6.04 Å². The number of rotatable bonds is 8. The Balaban J connectivity index is 2.28. The van der Waals surface area contributed by atoms with Crippen LogP contribution in [0.3, 0.4) is 0 Å². The van der Waals surface area contributed by atoms with Crippen LogP contribution < -0.4 is 5.32 Å². The highest BCUT2D eigenvalue weighted by atomic mass is 35.5. The fourth-order valence-electron chi connectivity index (χ4n) is 3.03. The Labute approximate surface area is 176 Å². The molecule has 1 atom stereocenters. The van der Waals surface area contributed by atoms with Gasteiger partial charge in [0, 0.05) is 13.1 Å². The van der Waals surface area contributed by atoms with Crippen LogP contribution in [0, 0.1) is 6.92 Å². The molecule has 0 unspecified atom stereocenters. The molecular formula is C22H26Cl2N2O2. The quantitative estimate of drug-likeness (QED) is 0.667. The van der Waals surface area contributed by atoms with Crippen molar-refractivity contribution in [2.75, 3.05) is 6.54 Å². The van der Waals surface area contributed by atoms with Crippen LogP contribution in [0.2, 0.25) is 10.0 Å². The molecule has 1 N–H and O–H groups in total. The van der Waals surface area contributed by atoms with Gasteiger partial charge in [-0.25, -0.2) is 0 Å². The maximum atomic E-state index is 13.2. The van der Waals surface area contributed by atoms with Crippen molar-refractivity contribution in [3.8, 4) is 0 Å². The van der Waals surface area contributed by atoms with Gasteiger partial charge in [-0.1, -0.05) is 66.0 Å². The number of nitrogens with one attached hydrogen (secondary N) is 1. The molecule has 2 amide bonds. The van der Waals surface area contributed by atoms with Gasteiger partial charge < -0.3 is 10.2 Å². The lowest BCUT2D eigenvalue weighted by Crippen LogP contribution is -2.49. The molecule has 0 aliphatic carbocycles. The van der Waals surface area contributed by atoms with Gasteiger partial charge in [0.2, 0.25) is 11.8 Å². The lowest BCUT2D eigenvalue weighted by atomic mass is 10.1. The summed E-state index contributed by atoms with van der Waals surface area (Å²) in [5, 5.41) is 3.69. The van der Waals surface area contributed by atoms with Crippen LogP contribution in [-0.4, -0.2) is 29.3 Å². The molecule has 0 spiro atoms. The van der Waals surface area contributed by atoms with E-state index in [1.807, 2.05) is 45.0 Å². The van der Waals surface area contributed by atoms with E-state index in [4.69, 9.17) is 23.2 Å². The van der Waals surface area contributed by atoms with Crippen molar-refractivity contribution in [3.63, 3.8) is 0 Å². The summed E-state index contributed by atoms with van der Waals surface area (Å²) < 4.78 is 0. The standard InChI is InChI=1S/C22H26Cl2N2O2/c1-4-20(22(28)25-5-2)26(14-16-8-6-15(3)7-9-16)21(27)13-17-10-11-18(23)19(24)12-17/h6-12,20H,4-5,13-14H2,1-3H3,(H,25,28)/t20-/m0/s1. The zero-order valence-electron chi connectivity index (χ0n) is 16.5. The van der Waals surface area contributed by atoms with Crippen LogP contribution >= 0.6 is 23.2 Å². The third-order valence-corrected chi connectivity index (χ3v) is 5.29. The Kier molecular flexibility index (Phi) is 8.34. The Morgan fingerprint density at radius 1 is 1.00 bits per heavy atom. The number of benzene rings is 2. The van der Waals surface area contributed by atoms with E-state index in [9.17, 15) is 9.59 Å².